The lowest BCUT2D eigenvalue weighted by molar-refractivity contribution is 0.537. The molecule has 0 unspecified atom stereocenters. The molecule has 0 aliphatic heterocycles. The Labute approximate surface area is 170 Å². The van der Waals surface area contributed by atoms with E-state index in [9.17, 15) is 8.42 Å². The third-order valence-electron chi connectivity index (χ3n) is 4.98. The zero-order valence-corrected chi connectivity index (χ0v) is 17.0. The average molecular weight is 409 g/mol. The third-order valence-corrected chi connectivity index (χ3v) is 6.56. The lowest BCUT2D eigenvalue weighted by Crippen LogP contribution is -2.40. The van der Waals surface area contributed by atoms with Gasteiger partial charge in [-0.3, -0.25) is 4.98 Å². The number of H-pyrrole nitrogens is 1. The van der Waals surface area contributed by atoms with Crippen molar-refractivity contribution in [2.45, 2.75) is 24.3 Å². The molecule has 4 rings (SSSR count). The van der Waals surface area contributed by atoms with Crippen molar-refractivity contribution in [3.63, 3.8) is 0 Å². The van der Waals surface area contributed by atoms with Gasteiger partial charge < -0.3 is 10.3 Å². The molecule has 7 heteroatoms. The molecular formula is C22H24N4O2S. The summed E-state index contributed by atoms with van der Waals surface area (Å²) in [5, 5.41) is 6.34. The van der Waals surface area contributed by atoms with Crippen LogP contribution in [0.4, 0.5) is 0 Å². The topological polar surface area (TPSA) is 86.9 Å². The Morgan fingerprint density at radius 1 is 1.10 bits per heavy atom. The van der Waals surface area contributed by atoms with Gasteiger partial charge in [-0.2, -0.15) is 0 Å². The number of pyridine rings is 1. The predicted octanol–water partition coefficient (Wildman–Crippen LogP) is 3.22. The Hall–Kier alpha value is -2.74. The highest BCUT2D eigenvalue weighted by Crippen LogP contribution is 2.19. The van der Waals surface area contributed by atoms with Gasteiger partial charge in [-0.25, -0.2) is 13.1 Å². The lowest BCUT2D eigenvalue weighted by Gasteiger charge is -2.15. The van der Waals surface area contributed by atoms with Crippen molar-refractivity contribution in [3.8, 4) is 0 Å². The SMILES string of the molecule is C[C@@H](CNCCc1c[nH]c2ccccc12)NS(=O)(=O)c1ccc2cnccc2c1. The molecule has 150 valence electrons. The molecule has 1 atom stereocenters. The van der Waals surface area contributed by atoms with Crippen molar-refractivity contribution in [2.24, 2.45) is 0 Å². The first kappa shape index (κ1) is 19.6. The first-order valence-electron chi connectivity index (χ1n) is 9.65. The van der Waals surface area contributed by atoms with Crippen LogP contribution in [0.1, 0.15) is 12.5 Å². The molecule has 6 nitrogen and oxygen atoms in total. The highest BCUT2D eigenvalue weighted by molar-refractivity contribution is 7.89. The highest BCUT2D eigenvalue weighted by atomic mass is 32.2. The maximum Gasteiger partial charge on any atom is 0.240 e. The smallest absolute Gasteiger partial charge is 0.240 e. The first-order valence-corrected chi connectivity index (χ1v) is 11.1. The first-order chi connectivity index (χ1) is 14.0. The monoisotopic (exact) mass is 408 g/mol. The van der Waals surface area contributed by atoms with Crippen LogP contribution >= 0.6 is 0 Å². The molecule has 0 radical (unpaired) electrons. The standard InChI is InChI=1S/C22H24N4O2S/c1-16(13-23-11-9-19-15-25-22-5-3-2-4-21(19)22)26-29(27,28)20-7-6-18-14-24-10-8-17(18)12-20/h2-8,10,12,14-16,23,25-26H,9,11,13H2,1H3/t16-/m0/s1. The molecule has 0 aliphatic carbocycles. The van der Waals surface area contributed by atoms with Crippen molar-refractivity contribution in [3.05, 3.63) is 72.7 Å². The average Bonchev–Trinajstić information content (AvgIpc) is 3.14. The fourth-order valence-corrected chi connectivity index (χ4v) is 4.76. The number of aromatic nitrogens is 2. The van der Waals surface area contributed by atoms with Crippen molar-refractivity contribution in [1.82, 2.24) is 20.0 Å². The fraction of sp³-hybridized carbons (Fsp3) is 0.227. The number of hydrogen-bond donors (Lipinski definition) is 3. The maximum atomic E-state index is 12.7. The molecule has 0 fully saturated rings. The normalized spacial score (nSPS) is 13.1. The summed E-state index contributed by atoms with van der Waals surface area (Å²) in [5.41, 5.74) is 2.39. The second-order valence-electron chi connectivity index (χ2n) is 7.22. The number of benzene rings is 2. The minimum atomic E-state index is -3.58. The maximum absolute atomic E-state index is 12.7. The number of sulfonamides is 1. The summed E-state index contributed by atoms with van der Waals surface area (Å²) in [6.45, 7) is 3.19. The molecule has 0 saturated heterocycles. The van der Waals surface area contributed by atoms with Gasteiger partial charge in [-0.15, -0.1) is 0 Å². The molecule has 0 saturated carbocycles. The Kier molecular flexibility index (Phi) is 5.62. The van der Waals surface area contributed by atoms with Gasteiger partial charge in [0.25, 0.3) is 0 Å². The fourth-order valence-electron chi connectivity index (χ4n) is 3.48. The van der Waals surface area contributed by atoms with E-state index in [0.717, 1.165) is 29.3 Å². The van der Waals surface area contributed by atoms with E-state index in [1.54, 1.807) is 30.6 Å². The van der Waals surface area contributed by atoms with Crippen LogP contribution in [0, 0.1) is 0 Å². The highest BCUT2D eigenvalue weighted by Gasteiger charge is 2.17. The van der Waals surface area contributed by atoms with Crippen LogP contribution < -0.4 is 10.0 Å². The number of hydrogen-bond acceptors (Lipinski definition) is 4. The summed E-state index contributed by atoms with van der Waals surface area (Å²) in [6.07, 6.45) is 6.29. The summed E-state index contributed by atoms with van der Waals surface area (Å²) in [6, 6.07) is 14.9. The minimum Gasteiger partial charge on any atom is -0.361 e. The predicted molar refractivity (Wildman–Crippen MR) is 116 cm³/mol. The Morgan fingerprint density at radius 2 is 1.97 bits per heavy atom. The quantitative estimate of drug-likeness (QED) is 0.391. The molecule has 0 bridgehead atoms. The van der Waals surface area contributed by atoms with Crippen LogP contribution in [0.25, 0.3) is 21.7 Å². The summed E-state index contributed by atoms with van der Waals surface area (Å²) >= 11 is 0. The number of aromatic amines is 1. The summed E-state index contributed by atoms with van der Waals surface area (Å²) < 4.78 is 28.1. The molecule has 2 aromatic heterocycles. The van der Waals surface area contributed by atoms with Crippen molar-refractivity contribution in [2.75, 3.05) is 13.1 Å². The summed E-state index contributed by atoms with van der Waals surface area (Å²) in [5.74, 6) is 0. The van der Waals surface area contributed by atoms with Gasteiger partial charge in [0.2, 0.25) is 10.0 Å². The van der Waals surface area contributed by atoms with Crippen molar-refractivity contribution < 1.29 is 8.42 Å². The van der Waals surface area contributed by atoms with E-state index >= 15 is 0 Å². The minimum absolute atomic E-state index is 0.226. The van der Waals surface area contributed by atoms with E-state index in [4.69, 9.17) is 0 Å². The van der Waals surface area contributed by atoms with Gasteiger partial charge in [0.05, 0.1) is 4.90 Å². The second-order valence-corrected chi connectivity index (χ2v) is 8.93. The molecule has 2 aromatic carbocycles. The van der Waals surface area contributed by atoms with E-state index in [-0.39, 0.29) is 10.9 Å². The van der Waals surface area contributed by atoms with Crippen LogP contribution in [0.2, 0.25) is 0 Å². The van der Waals surface area contributed by atoms with E-state index in [2.05, 4.69) is 32.1 Å². The van der Waals surface area contributed by atoms with E-state index in [1.165, 1.54) is 10.9 Å². The van der Waals surface area contributed by atoms with Crippen molar-refractivity contribution in [1.29, 1.82) is 0 Å². The van der Waals surface area contributed by atoms with Gasteiger partial charge in [0, 0.05) is 47.5 Å². The number of fused-ring (bicyclic) bond motifs is 2. The molecular weight excluding hydrogens is 384 g/mol. The largest absolute Gasteiger partial charge is 0.361 e. The van der Waals surface area contributed by atoms with Crippen LogP contribution in [0.5, 0.6) is 0 Å². The van der Waals surface area contributed by atoms with Gasteiger partial charge in [0.1, 0.15) is 0 Å². The number of rotatable bonds is 8. The number of nitrogens with one attached hydrogen (secondary N) is 3. The molecule has 3 N–H and O–H groups in total. The third kappa shape index (κ3) is 4.48. The number of para-hydroxylation sites is 1. The molecule has 0 aliphatic rings. The van der Waals surface area contributed by atoms with Crippen LogP contribution in [0.15, 0.2) is 72.0 Å². The molecule has 4 aromatic rings. The second kappa shape index (κ2) is 8.32. The zero-order chi connectivity index (χ0) is 20.3. The van der Waals surface area contributed by atoms with E-state index < -0.39 is 10.0 Å². The van der Waals surface area contributed by atoms with E-state index in [0.29, 0.717) is 6.54 Å². The van der Waals surface area contributed by atoms with Crippen molar-refractivity contribution >= 4 is 31.7 Å². The van der Waals surface area contributed by atoms with Gasteiger partial charge >= 0.3 is 0 Å². The van der Waals surface area contributed by atoms with Crippen LogP contribution in [-0.2, 0) is 16.4 Å². The van der Waals surface area contributed by atoms with Crippen LogP contribution in [-0.4, -0.2) is 37.5 Å². The van der Waals surface area contributed by atoms with Gasteiger partial charge in [0.15, 0.2) is 0 Å². The van der Waals surface area contributed by atoms with Gasteiger partial charge in [-0.05, 0) is 55.1 Å². The zero-order valence-electron chi connectivity index (χ0n) is 16.2. The van der Waals surface area contributed by atoms with Gasteiger partial charge in [-0.1, -0.05) is 24.3 Å². The Balaban J connectivity index is 1.32. The Morgan fingerprint density at radius 3 is 2.86 bits per heavy atom. The Bertz CT molecular complexity index is 1230. The van der Waals surface area contributed by atoms with E-state index in [1.807, 2.05) is 31.3 Å². The summed E-state index contributed by atoms with van der Waals surface area (Å²) in [7, 11) is -3.58. The molecule has 0 spiro atoms. The summed E-state index contributed by atoms with van der Waals surface area (Å²) in [4.78, 5) is 7.60. The number of nitrogens with zero attached hydrogens (tertiary/aromatic N) is 1. The lowest BCUT2D eigenvalue weighted by atomic mass is 10.1. The molecule has 29 heavy (non-hydrogen) atoms. The molecule has 0 amide bonds. The van der Waals surface area contributed by atoms with Crippen LogP contribution in [0.3, 0.4) is 0 Å². The molecule has 2 heterocycles.